The van der Waals surface area contributed by atoms with Crippen molar-refractivity contribution in [3.8, 4) is 0 Å². The van der Waals surface area contributed by atoms with Crippen molar-refractivity contribution in [3.63, 3.8) is 0 Å². The molecule has 4 heteroatoms. The Kier molecular flexibility index (Phi) is 3.65. The number of nitrogens with one attached hydrogen (secondary N) is 1. The predicted octanol–water partition coefficient (Wildman–Crippen LogP) is 3.00. The topological polar surface area (TPSA) is 28.2 Å². The largest absolute Gasteiger partial charge is 0.347 e. The molecule has 1 N–H and O–H groups in total. The van der Waals surface area contributed by atoms with E-state index in [2.05, 4.69) is 39.5 Å². The zero-order valence-corrected chi connectivity index (χ0v) is 13.0. The van der Waals surface area contributed by atoms with Crippen LogP contribution in [-0.4, -0.2) is 24.1 Å². The van der Waals surface area contributed by atoms with Gasteiger partial charge in [-0.2, -0.15) is 0 Å². The fourth-order valence-corrected chi connectivity index (χ4v) is 3.83. The highest BCUT2D eigenvalue weighted by Crippen LogP contribution is 2.26. The highest BCUT2D eigenvalue weighted by Gasteiger charge is 2.21. The van der Waals surface area contributed by atoms with Gasteiger partial charge in [0.25, 0.3) is 0 Å². The zero-order valence-electron chi connectivity index (χ0n) is 12.2. The van der Waals surface area contributed by atoms with Crippen molar-refractivity contribution in [1.82, 2.24) is 10.3 Å². The van der Waals surface area contributed by atoms with Crippen LogP contribution < -0.4 is 10.2 Å². The lowest BCUT2D eigenvalue weighted by Crippen LogP contribution is -2.25. The first-order chi connectivity index (χ1) is 10.4. The molecule has 1 aliphatic heterocycles. The van der Waals surface area contributed by atoms with Gasteiger partial charge in [0.2, 0.25) is 0 Å². The molecule has 0 unspecified atom stereocenters. The molecule has 1 aromatic carbocycles. The molecule has 0 radical (unpaired) electrons. The number of rotatable bonds is 4. The Bertz CT molecular complexity index is 591. The summed E-state index contributed by atoms with van der Waals surface area (Å²) in [5.41, 5.74) is 3.01. The number of aromatic nitrogens is 1. The van der Waals surface area contributed by atoms with Gasteiger partial charge in [-0.3, -0.25) is 0 Å². The zero-order chi connectivity index (χ0) is 14.1. The van der Waals surface area contributed by atoms with E-state index in [4.69, 9.17) is 0 Å². The molecule has 1 fully saturated rings. The van der Waals surface area contributed by atoms with Crippen LogP contribution in [0.3, 0.4) is 0 Å². The van der Waals surface area contributed by atoms with Crippen LogP contribution in [0.1, 0.15) is 28.8 Å². The van der Waals surface area contributed by atoms with Crippen LogP contribution in [0.15, 0.2) is 30.5 Å². The highest BCUT2D eigenvalue weighted by atomic mass is 32.1. The third-order valence-electron chi connectivity index (χ3n) is 4.37. The molecule has 2 aliphatic rings. The van der Waals surface area contributed by atoms with Gasteiger partial charge in [0, 0.05) is 36.8 Å². The second-order valence-electron chi connectivity index (χ2n) is 6.02. The number of hydrogen-bond donors (Lipinski definition) is 1. The maximum Gasteiger partial charge on any atom is 0.185 e. The third kappa shape index (κ3) is 3.11. The number of fused-ring (bicyclic) bond motifs is 1. The summed E-state index contributed by atoms with van der Waals surface area (Å²) in [5, 5.41) is 4.76. The standard InChI is InChI=1S/C17H21N3S/c1-2-4-14-8-10-20(9-7-13(14)3-1)17-19-12-16(21-17)11-18-15-5-6-15/h1-4,12,15,18H,5-11H2. The smallest absolute Gasteiger partial charge is 0.185 e. The van der Waals surface area contributed by atoms with Gasteiger partial charge in [-0.15, -0.1) is 11.3 Å². The normalized spacial score (nSPS) is 18.4. The number of thiazole rings is 1. The van der Waals surface area contributed by atoms with Crippen LogP contribution in [0.25, 0.3) is 0 Å². The van der Waals surface area contributed by atoms with E-state index in [-0.39, 0.29) is 0 Å². The second-order valence-corrected chi connectivity index (χ2v) is 7.11. The van der Waals surface area contributed by atoms with E-state index in [1.807, 2.05) is 17.5 Å². The van der Waals surface area contributed by atoms with Crippen LogP contribution in [0.4, 0.5) is 5.13 Å². The summed E-state index contributed by atoms with van der Waals surface area (Å²) < 4.78 is 0. The fraction of sp³-hybridized carbons (Fsp3) is 0.471. The van der Waals surface area contributed by atoms with Gasteiger partial charge < -0.3 is 10.2 Å². The third-order valence-corrected chi connectivity index (χ3v) is 5.43. The van der Waals surface area contributed by atoms with Crippen molar-refractivity contribution >= 4 is 16.5 Å². The van der Waals surface area contributed by atoms with Crippen LogP contribution in [0.2, 0.25) is 0 Å². The molecule has 0 spiro atoms. The van der Waals surface area contributed by atoms with Crippen molar-refractivity contribution in [1.29, 1.82) is 0 Å². The van der Waals surface area contributed by atoms with Crippen molar-refractivity contribution in [2.45, 2.75) is 38.3 Å². The van der Waals surface area contributed by atoms with Crippen LogP contribution in [-0.2, 0) is 19.4 Å². The molecule has 2 heterocycles. The van der Waals surface area contributed by atoms with E-state index in [1.165, 1.54) is 34.0 Å². The summed E-state index contributed by atoms with van der Waals surface area (Å²) in [6.45, 7) is 3.15. The molecule has 1 aromatic heterocycles. The van der Waals surface area contributed by atoms with E-state index in [1.54, 1.807) is 0 Å². The number of nitrogens with zero attached hydrogens (tertiary/aromatic N) is 2. The summed E-state index contributed by atoms with van der Waals surface area (Å²) in [6, 6.07) is 9.61. The molecular weight excluding hydrogens is 278 g/mol. The first-order valence-corrected chi connectivity index (χ1v) is 8.70. The second kappa shape index (κ2) is 5.78. The minimum Gasteiger partial charge on any atom is -0.347 e. The lowest BCUT2D eigenvalue weighted by Gasteiger charge is -2.18. The Morgan fingerprint density at radius 3 is 2.52 bits per heavy atom. The minimum absolute atomic E-state index is 0.767. The van der Waals surface area contributed by atoms with Crippen LogP contribution in [0.5, 0.6) is 0 Å². The summed E-state index contributed by atoms with van der Waals surface area (Å²) in [5.74, 6) is 0. The first-order valence-electron chi connectivity index (χ1n) is 7.88. The van der Waals surface area contributed by atoms with E-state index in [0.717, 1.165) is 38.5 Å². The molecular formula is C17H21N3S. The van der Waals surface area contributed by atoms with Gasteiger partial charge >= 0.3 is 0 Å². The van der Waals surface area contributed by atoms with E-state index < -0.39 is 0 Å². The van der Waals surface area contributed by atoms with Gasteiger partial charge in [-0.25, -0.2) is 4.98 Å². The monoisotopic (exact) mass is 299 g/mol. The lowest BCUT2D eigenvalue weighted by molar-refractivity contribution is 0.694. The molecule has 21 heavy (non-hydrogen) atoms. The van der Waals surface area contributed by atoms with Gasteiger partial charge in [-0.05, 0) is 36.8 Å². The minimum atomic E-state index is 0.767. The molecule has 1 saturated carbocycles. The average molecular weight is 299 g/mol. The first kappa shape index (κ1) is 13.3. The molecule has 0 bridgehead atoms. The number of benzene rings is 1. The summed E-state index contributed by atoms with van der Waals surface area (Å²) in [4.78, 5) is 8.46. The molecule has 0 atom stereocenters. The summed E-state index contributed by atoms with van der Waals surface area (Å²) in [7, 11) is 0. The van der Waals surface area contributed by atoms with E-state index >= 15 is 0 Å². The predicted molar refractivity (Wildman–Crippen MR) is 88.0 cm³/mol. The number of hydrogen-bond acceptors (Lipinski definition) is 4. The molecule has 1 aliphatic carbocycles. The van der Waals surface area contributed by atoms with Crippen LogP contribution in [0, 0.1) is 0 Å². The summed E-state index contributed by atoms with van der Waals surface area (Å²) in [6.07, 6.45) is 7.00. The molecule has 0 amide bonds. The van der Waals surface area contributed by atoms with Crippen molar-refractivity contribution in [2.75, 3.05) is 18.0 Å². The molecule has 4 rings (SSSR count). The van der Waals surface area contributed by atoms with Crippen LogP contribution >= 0.6 is 11.3 Å². The van der Waals surface area contributed by atoms with E-state index in [0.29, 0.717) is 0 Å². The van der Waals surface area contributed by atoms with Gasteiger partial charge in [0.15, 0.2) is 5.13 Å². The van der Waals surface area contributed by atoms with Crippen molar-refractivity contribution in [2.24, 2.45) is 0 Å². The van der Waals surface area contributed by atoms with Crippen molar-refractivity contribution in [3.05, 3.63) is 46.5 Å². The molecule has 3 nitrogen and oxygen atoms in total. The molecule has 110 valence electrons. The molecule has 0 saturated heterocycles. The fourth-order valence-electron chi connectivity index (χ4n) is 2.92. The Balaban J connectivity index is 1.42. The Morgan fingerprint density at radius 2 is 1.86 bits per heavy atom. The summed E-state index contributed by atoms with van der Waals surface area (Å²) >= 11 is 1.85. The van der Waals surface area contributed by atoms with Gasteiger partial charge in [0.05, 0.1) is 0 Å². The number of anilines is 1. The average Bonchev–Trinajstić information content (AvgIpc) is 3.27. The van der Waals surface area contributed by atoms with Crippen molar-refractivity contribution < 1.29 is 0 Å². The highest BCUT2D eigenvalue weighted by molar-refractivity contribution is 7.15. The quantitative estimate of drug-likeness (QED) is 0.940. The maximum atomic E-state index is 4.65. The van der Waals surface area contributed by atoms with Gasteiger partial charge in [0.1, 0.15) is 0 Å². The Hall–Kier alpha value is -1.39. The maximum absolute atomic E-state index is 4.65. The van der Waals surface area contributed by atoms with E-state index in [9.17, 15) is 0 Å². The molecule has 2 aromatic rings. The Morgan fingerprint density at radius 1 is 1.14 bits per heavy atom. The SMILES string of the molecule is c1ccc2c(c1)CCN(c1ncc(CNC3CC3)s1)CC2. The lowest BCUT2D eigenvalue weighted by atomic mass is 10.0. The Labute approximate surface area is 130 Å². The van der Waals surface area contributed by atoms with Gasteiger partial charge in [-0.1, -0.05) is 24.3 Å².